The summed E-state index contributed by atoms with van der Waals surface area (Å²) in [5.41, 5.74) is 0.428. The SMILES string of the molecule is CCn1ccc2sc(C)c(C(=O)NC[C@@H]3CCCO3)c2c1=O. The van der Waals surface area contributed by atoms with Crippen molar-refractivity contribution >= 4 is 27.3 Å². The van der Waals surface area contributed by atoms with E-state index >= 15 is 0 Å². The topological polar surface area (TPSA) is 60.3 Å². The molecule has 0 radical (unpaired) electrons. The minimum absolute atomic E-state index is 0.0911. The third kappa shape index (κ3) is 2.68. The van der Waals surface area contributed by atoms with Crippen molar-refractivity contribution < 1.29 is 9.53 Å². The second kappa shape index (κ2) is 6.22. The summed E-state index contributed by atoms with van der Waals surface area (Å²) in [5, 5.41) is 3.46. The van der Waals surface area contributed by atoms with Crippen molar-refractivity contribution in [3.8, 4) is 0 Å². The van der Waals surface area contributed by atoms with E-state index in [-0.39, 0.29) is 17.6 Å². The first-order valence-corrected chi connectivity index (χ1v) is 8.45. The van der Waals surface area contributed by atoms with E-state index in [0.717, 1.165) is 29.0 Å². The molecule has 118 valence electrons. The van der Waals surface area contributed by atoms with Crippen LogP contribution in [0.2, 0.25) is 0 Å². The summed E-state index contributed by atoms with van der Waals surface area (Å²) in [7, 11) is 0. The van der Waals surface area contributed by atoms with Crippen molar-refractivity contribution in [3.63, 3.8) is 0 Å². The van der Waals surface area contributed by atoms with Crippen LogP contribution in [0.3, 0.4) is 0 Å². The van der Waals surface area contributed by atoms with Gasteiger partial charge in [0.1, 0.15) is 0 Å². The van der Waals surface area contributed by atoms with Crippen LogP contribution >= 0.6 is 11.3 Å². The Kier molecular flexibility index (Phi) is 4.31. The molecule has 0 spiro atoms. The average Bonchev–Trinajstić information content (AvgIpc) is 3.12. The Bertz CT molecular complexity index is 757. The van der Waals surface area contributed by atoms with Crippen LogP contribution in [-0.2, 0) is 11.3 Å². The molecule has 1 N–H and O–H groups in total. The highest BCUT2D eigenvalue weighted by atomic mass is 32.1. The van der Waals surface area contributed by atoms with Crippen LogP contribution in [-0.4, -0.2) is 29.7 Å². The number of fused-ring (bicyclic) bond motifs is 1. The molecule has 0 aromatic carbocycles. The molecule has 1 aliphatic heterocycles. The molecule has 2 aromatic rings. The number of carbonyl (C=O) groups is 1. The van der Waals surface area contributed by atoms with Crippen LogP contribution < -0.4 is 10.9 Å². The zero-order valence-corrected chi connectivity index (χ0v) is 13.7. The Morgan fingerprint density at radius 3 is 3.05 bits per heavy atom. The van der Waals surface area contributed by atoms with Gasteiger partial charge in [0.2, 0.25) is 0 Å². The number of carbonyl (C=O) groups excluding carboxylic acids is 1. The van der Waals surface area contributed by atoms with Gasteiger partial charge in [-0.3, -0.25) is 9.59 Å². The molecule has 6 heteroatoms. The fourth-order valence-electron chi connectivity index (χ4n) is 2.89. The highest BCUT2D eigenvalue weighted by Gasteiger charge is 2.22. The van der Waals surface area contributed by atoms with Gasteiger partial charge in [0.25, 0.3) is 11.5 Å². The Morgan fingerprint density at radius 2 is 2.36 bits per heavy atom. The van der Waals surface area contributed by atoms with Crippen molar-refractivity contribution in [2.75, 3.05) is 13.2 Å². The van der Waals surface area contributed by atoms with E-state index in [0.29, 0.717) is 24.0 Å². The number of pyridine rings is 1. The third-order valence-corrected chi connectivity index (χ3v) is 5.14. The summed E-state index contributed by atoms with van der Waals surface area (Å²) in [6, 6.07) is 1.91. The minimum atomic E-state index is -0.176. The van der Waals surface area contributed by atoms with Crippen molar-refractivity contribution in [1.82, 2.24) is 9.88 Å². The molecule has 3 heterocycles. The van der Waals surface area contributed by atoms with E-state index in [9.17, 15) is 9.59 Å². The summed E-state index contributed by atoms with van der Waals surface area (Å²) < 4.78 is 8.02. The minimum Gasteiger partial charge on any atom is -0.376 e. The zero-order valence-electron chi connectivity index (χ0n) is 12.8. The van der Waals surface area contributed by atoms with E-state index in [4.69, 9.17) is 4.74 Å². The number of amides is 1. The summed E-state index contributed by atoms with van der Waals surface area (Å²) in [6.07, 6.45) is 3.91. The molecule has 1 saturated heterocycles. The van der Waals surface area contributed by atoms with Gasteiger partial charge in [-0.15, -0.1) is 11.3 Å². The van der Waals surface area contributed by atoms with Crippen molar-refractivity contribution in [3.05, 3.63) is 33.1 Å². The number of nitrogens with one attached hydrogen (secondary N) is 1. The number of thiophene rings is 1. The molecule has 1 atom stereocenters. The fraction of sp³-hybridized carbons (Fsp3) is 0.500. The van der Waals surface area contributed by atoms with Crippen LogP contribution in [0.15, 0.2) is 17.1 Å². The van der Waals surface area contributed by atoms with Gasteiger partial charge in [-0.05, 0) is 32.8 Å². The number of ether oxygens (including phenoxy) is 1. The van der Waals surface area contributed by atoms with Gasteiger partial charge in [0, 0.05) is 35.5 Å². The molecule has 0 saturated carbocycles. The molecule has 0 bridgehead atoms. The Labute approximate surface area is 132 Å². The fourth-order valence-corrected chi connectivity index (χ4v) is 3.93. The maximum absolute atomic E-state index is 12.5. The lowest BCUT2D eigenvalue weighted by atomic mass is 10.1. The quantitative estimate of drug-likeness (QED) is 0.940. The molecule has 22 heavy (non-hydrogen) atoms. The van der Waals surface area contributed by atoms with Gasteiger partial charge in [0.15, 0.2) is 0 Å². The van der Waals surface area contributed by atoms with Crippen LogP contribution in [0.5, 0.6) is 0 Å². The molecule has 0 aliphatic carbocycles. The van der Waals surface area contributed by atoms with Gasteiger partial charge < -0.3 is 14.6 Å². The summed E-state index contributed by atoms with van der Waals surface area (Å²) in [5.74, 6) is -0.176. The number of rotatable bonds is 4. The predicted molar refractivity (Wildman–Crippen MR) is 87.8 cm³/mol. The van der Waals surface area contributed by atoms with Crippen LogP contribution in [0.1, 0.15) is 35.0 Å². The second-order valence-corrected chi connectivity index (χ2v) is 6.78. The first-order chi connectivity index (χ1) is 10.6. The average molecular weight is 320 g/mol. The van der Waals surface area contributed by atoms with Crippen molar-refractivity contribution in [2.24, 2.45) is 0 Å². The van der Waals surface area contributed by atoms with Gasteiger partial charge in [-0.2, -0.15) is 0 Å². The molecular weight excluding hydrogens is 300 g/mol. The summed E-state index contributed by atoms with van der Waals surface area (Å²) in [4.78, 5) is 25.9. The number of aryl methyl sites for hydroxylation is 2. The number of nitrogens with zero attached hydrogens (tertiary/aromatic N) is 1. The van der Waals surface area contributed by atoms with Gasteiger partial charge >= 0.3 is 0 Å². The Balaban J connectivity index is 1.93. The zero-order chi connectivity index (χ0) is 15.7. The lowest BCUT2D eigenvalue weighted by Crippen LogP contribution is -2.32. The molecule has 1 aliphatic rings. The lowest BCUT2D eigenvalue weighted by Gasteiger charge is -2.11. The van der Waals surface area contributed by atoms with E-state index in [1.165, 1.54) is 11.3 Å². The second-order valence-electron chi connectivity index (χ2n) is 5.52. The summed E-state index contributed by atoms with van der Waals surface area (Å²) >= 11 is 1.49. The monoisotopic (exact) mass is 320 g/mol. The Morgan fingerprint density at radius 1 is 1.55 bits per heavy atom. The van der Waals surface area contributed by atoms with Crippen LogP contribution in [0, 0.1) is 6.92 Å². The third-order valence-electron chi connectivity index (χ3n) is 4.07. The molecule has 2 aromatic heterocycles. The van der Waals surface area contributed by atoms with E-state index in [2.05, 4.69) is 5.32 Å². The molecular formula is C16H20N2O3S. The first-order valence-electron chi connectivity index (χ1n) is 7.64. The number of aromatic nitrogens is 1. The number of hydrogen-bond acceptors (Lipinski definition) is 4. The largest absolute Gasteiger partial charge is 0.376 e. The molecule has 3 rings (SSSR count). The maximum Gasteiger partial charge on any atom is 0.260 e. The van der Waals surface area contributed by atoms with Crippen LogP contribution in [0.25, 0.3) is 10.1 Å². The smallest absolute Gasteiger partial charge is 0.260 e. The van der Waals surface area contributed by atoms with Gasteiger partial charge in [-0.25, -0.2) is 0 Å². The van der Waals surface area contributed by atoms with E-state index in [1.807, 2.05) is 19.9 Å². The summed E-state index contributed by atoms with van der Waals surface area (Å²) in [6.45, 7) is 5.68. The molecule has 0 unspecified atom stereocenters. The molecule has 5 nitrogen and oxygen atoms in total. The van der Waals surface area contributed by atoms with Crippen molar-refractivity contribution in [2.45, 2.75) is 39.3 Å². The Hall–Kier alpha value is -1.66. The maximum atomic E-state index is 12.5. The van der Waals surface area contributed by atoms with E-state index < -0.39 is 0 Å². The highest BCUT2D eigenvalue weighted by Crippen LogP contribution is 2.28. The molecule has 1 fully saturated rings. The highest BCUT2D eigenvalue weighted by molar-refractivity contribution is 7.19. The molecule has 1 amide bonds. The predicted octanol–water partition coefficient (Wildman–Crippen LogP) is 2.30. The first kappa shape index (κ1) is 15.2. The normalized spacial score (nSPS) is 18.0. The van der Waals surface area contributed by atoms with Gasteiger partial charge in [-0.1, -0.05) is 0 Å². The van der Waals surface area contributed by atoms with Crippen LogP contribution in [0.4, 0.5) is 0 Å². The van der Waals surface area contributed by atoms with E-state index in [1.54, 1.807) is 10.8 Å². The standard InChI is InChI=1S/C16H20N2O3S/c1-3-18-7-6-12-14(16(18)20)13(10(2)22-12)15(19)17-9-11-5-4-8-21-11/h6-7,11H,3-5,8-9H2,1-2H3,(H,17,19)/t11-/m0/s1. The van der Waals surface area contributed by atoms with Gasteiger partial charge in [0.05, 0.1) is 17.1 Å². The van der Waals surface area contributed by atoms with Crippen molar-refractivity contribution in [1.29, 1.82) is 0 Å². The number of hydrogen-bond donors (Lipinski definition) is 1. The lowest BCUT2D eigenvalue weighted by molar-refractivity contribution is 0.0859.